The molecule has 0 spiro atoms. The molecule has 1 amide bonds. The van der Waals surface area contributed by atoms with E-state index in [1.54, 1.807) is 19.1 Å². The van der Waals surface area contributed by atoms with Gasteiger partial charge in [0.05, 0.1) is 32.0 Å². The zero-order valence-corrected chi connectivity index (χ0v) is 16.5. The van der Waals surface area contributed by atoms with Crippen LogP contribution in [0, 0.1) is 6.92 Å². The van der Waals surface area contributed by atoms with Gasteiger partial charge in [0.15, 0.2) is 11.5 Å². The summed E-state index contributed by atoms with van der Waals surface area (Å²) in [6.07, 6.45) is 1.45. The molecule has 0 saturated heterocycles. The number of carbonyl (C=O) groups excluding carboxylic acids is 1. The van der Waals surface area contributed by atoms with Crippen LogP contribution in [0.15, 0.2) is 35.3 Å². The Hall–Kier alpha value is -3.26. The van der Waals surface area contributed by atoms with Crippen molar-refractivity contribution in [2.24, 2.45) is 0 Å². The van der Waals surface area contributed by atoms with E-state index < -0.39 is 11.5 Å². The molecule has 1 N–H and O–H groups in total. The number of halogens is 1. The van der Waals surface area contributed by atoms with Gasteiger partial charge in [-0.2, -0.15) is 0 Å². The van der Waals surface area contributed by atoms with Crippen LogP contribution in [-0.2, 0) is 0 Å². The first-order chi connectivity index (χ1) is 13.4. The number of pyridine rings is 1. The first kappa shape index (κ1) is 19.5. The number of hydrogen-bond acceptors (Lipinski definition) is 6. The fourth-order valence-electron chi connectivity index (χ4n) is 2.77. The topological polar surface area (TPSA) is 91.2 Å². The Morgan fingerprint density at radius 1 is 1.11 bits per heavy atom. The lowest BCUT2D eigenvalue weighted by Crippen LogP contribution is -2.25. The molecule has 0 saturated carbocycles. The summed E-state index contributed by atoms with van der Waals surface area (Å²) in [5.41, 5.74) is 0.652. The summed E-state index contributed by atoms with van der Waals surface area (Å²) < 4.78 is 17.0. The van der Waals surface area contributed by atoms with E-state index in [-0.39, 0.29) is 11.3 Å². The van der Waals surface area contributed by atoms with Crippen molar-refractivity contribution in [3.05, 3.63) is 57.1 Å². The van der Waals surface area contributed by atoms with E-state index in [1.165, 1.54) is 44.1 Å². The standard InChI is InChI=1S/C19H18ClN3O5/c1-10-16(19(25)23-9-12(20)5-6-15(23)21-10)22-18(24)11-7-13(26-2)17(28-4)14(8-11)27-3/h5-9H,1-4H3,(H,22,24). The number of rotatable bonds is 5. The van der Waals surface area contributed by atoms with Crippen molar-refractivity contribution < 1.29 is 19.0 Å². The van der Waals surface area contributed by atoms with Crippen molar-refractivity contribution in [3.8, 4) is 17.2 Å². The highest BCUT2D eigenvalue weighted by molar-refractivity contribution is 6.30. The number of hydrogen-bond donors (Lipinski definition) is 1. The number of carbonyl (C=O) groups is 1. The quantitative estimate of drug-likeness (QED) is 0.704. The summed E-state index contributed by atoms with van der Waals surface area (Å²) in [5, 5.41) is 2.99. The number of nitrogens with one attached hydrogen (secondary N) is 1. The molecule has 3 rings (SSSR count). The van der Waals surface area contributed by atoms with Gasteiger partial charge < -0.3 is 19.5 Å². The number of aromatic nitrogens is 2. The van der Waals surface area contributed by atoms with E-state index in [4.69, 9.17) is 25.8 Å². The summed E-state index contributed by atoms with van der Waals surface area (Å²) in [6, 6.07) is 6.25. The van der Waals surface area contributed by atoms with Gasteiger partial charge in [-0.3, -0.25) is 14.0 Å². The van der Waals surface area contributed by atoms with Gasteiger partial charge in [0.1, 0.15) is 11.3 Å². The minimum atomic E-state index is -0.525. The van der Waals surface area contributed by atoms with Crippen molar-refractivity contribution in [1.29, 1.82) is 0 Å². The zero-order valence-electron chi connectivity index (χ0n) is 15.7. The molecule has 3 aromatic rings. The Kier molecular flexibility index (Phi) is 5.41. The number of methoxy groups -OCH3 is 3. The maximum Gasteiger partial charge on any atom is 0.281 e. The van der Waals surface area contributed by atoms with Gasteiger partial charge in [0.2, 0.25) is 5.75 Å². The third-order valence-electron chi connectivity index (χ3n) is 4.13. The highest BCUT2D eigenvalue weighted by Gasteiger charge is 2.19. The van der Waals surface area contributed by atoms with Crippen LogP contribution >= 0.6 is 11.6 Å². The first-order valence-electron chi connectivity index (χ1n) is 8.19. The number of nitrogens with zero attached hydrogens (tertiary/aromatic N) is 2. The van der Waals surface area contributed by atoms with Crippen molar-refractivity contribution >= 4 is 28.8 Å². The predicted molar refractivity (Wildman–Crippen MR) is 105 cm³/mol. The second-order valence-corrected chi connectivity index (χ2v) is 6.26. The van der Waals surface area contributed by atoms with Crippen LogP contribution in [-0.4, -0.2) is 36.6 Å². The summed E-state index contributed by atoms with van der Waals surface area (Å²) in [6.45, 7) is 1.64. The number of benzene rings is 1. The van der Waals surface area contributed by atoms with Crippen molar-refractivity contribution in [2.75, 3.05) is 26.6 Å². The number of aryl methyl sites for hydroxylation is 1. The fraction of sp³-hybridized carbons (Fsp3) is 0.211. The Morgan fingerprint density at radius 2 is 1.75 bits per heavy atom. The number of fused-ring (bicyclic) bond motifs is 1. The monoisotopic (exact) mass is 403 g/mol. The summed E-state index contributed by atoms with van der Waals surface area (Å²) in [4.78, 5) is 29.9. The number of ether oxygens (including phenoxy) is 3. The molecule has 2 heterocycles. The molecular formula is C19H18ClN3O5. The molecule has 0 aliphatic rings. The molecule has 0 fully saturated rings. The molecule has 0 atom stereocenters. The Labute approximate surface area is 165 Å². The summed E-state index contributed by atoms with van der Waals surface area (Å²) in [7, 11) is 4.37. The summed E-state index contributed by atoms with van der Waals surface area (Å²) >= 11 is 5.97. The van der Waals surface area contributed by atoms with E-state index >= 15 is 0 Å². The molecular weight excluding hydrogens is 386 g/mol. The second-order valence-electron chi connectivity index (χ2n) is 5.82. The molecule has 146 valence electrons. The van der Waals surface area contributed by atoms with Crippen molar-refractivity contribution in [1.82, 2.24) is 9.38 Å². The summed E-state index contributed by atoms with van der Waals surface area (Å²) in [5.74, 6) is 0.482. The second kappa shape index (κ2) is 7.77. The lowest BCUT2D eigenvalue weighted by molar-refractivity contribution is 0.102. The lowest BCUT2D eigenvalue weighted by Gasteiger charge is -2.14. The van der Waals surface area contributed by atoms with Gasteiger partial charge in [-0.15, -0.1) is 0 Å². The molecule has 0 bridgehead atoms. The largest absolute Gasteiger partial charge is 0.493 e. The van der Waals surface area contributed by atoms with E-state index in [0.29, 0.717) is 33.6 Å². The zero-order chi connectivity index (χ0) is 20.4. The third-order valence-corrected chi connectivity index (χ3v) is 4.36. The molecule has 28 heavy (non-hydrogen) atoms. The van der Waals surface area contributed by atoms with Gasteiger partial charge in [-0.1, -0.05) is 11.6 Å². The minimum Gasteiger partial charge on any atom is -0.493 e. The minimum absolute atomic E-state index is 0.0542. The van der Waals surface area contributed by atoms with Crippen LogP contribution in [0.25, 0.3) is 5.65 Å². The molecule has 1 aromatic carbocycles. The van der Waals surface area contributed by atoms with E-state index in [0.717, 1.165) is 0 Å². The van der Waals surface area contributed by atoms with Crippen LogP contribution in [0.5, 0.6) is 17.2 Å². The Morgan fingerprint density at radius 3 is 2.32 bits per heavy atom. The van der Waals surface area contributed by atoms with E-state index in [9.17, 15) is 9.59 Å². The van der Waals surface area contributed by atoms with Crippen LogP contribution in [0.2, 0.25) is 5.02 Å². The maximum absolute atomic E-state index is 12.8. The Bertz CT molecular complexity index is 1100. The van der Waals surface area contributed by atoms with Crippen molar-refractivity contribution in [3.63, 3.8) is 0 Å². The van der Waals surface area contributed by atoms with E-state index in [2.05, 4.69) is 10.3 Å². The van der Waals surface area contributed by atoms with Gasteiger partial charge in [0.25, 0.3) is 11.5 Å². The van der Waals surface area contributed by atoms with Gasteiger partial charge in [-0.05, 0) is 31.2 Å². The predicted octanol–water partition coefficient (Wildman–Crippen LogP) is 2.93. The van der Waals surface area contributed by atoms with E-state index in [1.807, 2.05) is 0 Å². The molecule has 0 radical (unpaired) electrons. The average Bonchev–Trinajstić information content (AvgIpc) is 2.70. The fourth-order valence-corrected chi connectivity index (χ4v) is 2.93. The maximum atomic E-state index is 12.8. The smallest absolute Gasteiger partial charge is 0.281 e. The Balaban J connectivity index is 2.05. The van der Waals surface area contributed by atoms with Crippen LogP contribution in [0.3, 0.4) is 0 Å². The molecule has 0 aliphatic carbocycles. The van der Waals surface area contributed by atoms with Crippen LogP contribution < -0.4 is 25.1 Å². The average molecular weight is 404 g/mol. The third kappa shape index (κ3) is 3.46. The van der Waals surface area contributed by atoms with Gasteiger partial charge in [0, 0.05) is 11.8 Å². The number of amides is 1. The highest BCUT2D eigenvalue weighted by atomic mass is 35.5. The number of anilines is 1. The molecule has 2 aromatic heterocycles. The molecule has 8 nitrogen and oxygen atoms in total. The SMILES string of the molecule is COc1cc(C(=O)Nc2c(C)nc3ccc(Cl)cn3c2=O)cc(OC)c1OC. The molecule has 9 heteroatoms. The highest BCUT2D eigenvalue weighted by Crippen LogP contribution is 2.38. The van der Waals surface area contributed by atoms with Crippen LogP contribution in [0.1, 0.15) is 16.1 Å². The van der Waals surface area contributed by atoms with Crippen molar-refractivity contribution in [2.45, 2.75) is 6.92 Å². The molecule has 0 unspecified atom stereocenters. The molecule has 0 aliphatic heterocycles. The lowest BCUT2D eigenvalue weighted by atomic mass is 10.1. The first-order valence-corrected chi connectivity index (χ1v) is 8.57. The van der Waals surface area contributed by atoms with Gasteiger partial charge >= 0.3 is 0 Å². The normalized spacial score (nSPS) is 10.6. The van der Waals surface area contributed by atoms with Crippen LogP contribution in [0.4, 0.5) is 5.69 Å². The van der Waals surface area contributed by atoms with Gasteiger partial charge in [-0.25, -0.2) is 4.98 Å².